The van der Waals surface area contributed by atoms with Gasteiger partial charge in [0.05, 0.1) is 19.3 Å². The van der Waals surface area contributed by atoms with Crippen molar-refractivity contribution in [3.8, 4) is 5.75 Å². The summed E-state index contributed by atoms with van der Waals surface area (Å²) in [6.07, 6.45) is 1.51. The monoisotopic (exact) mass is 622 g/mol. The second-order valence-corrected chi connectivity index (χ2v) is 9.83. The van der Waals surface area contributed by atoms with Gasteiger partial charge in [0.2, 0.25) is 0 Å². The van der Waals surface area contributed by atoms with Crippen molar-refractivity contribution in [3.63, 3.8) is 0 Å². The quantitative estimate of drug-likeness (QED) is 0.157. The van der Waals surface area contributed by atoms with Gasteiger partial charge >= 0.3 is 0 Å². The topological polar surface area (TPSA) is 58.6 Å². The number of rotatable bonds is 5. The van der Waals surface area contributed by atoms with Crippen LogP contribution in [0.25, 0.3) is 6.08 Å². The average molecular weight is 623 g/mol. The Morgan fingerprint density at radius 2 is 1.85 bits per heavy atom. The number of ether oxygens (including phenoxy) is 1. The van der Waals surface area contributed by atoms with Gasteiger partial charge in [0, 0.05) is 0 Å². The standard InChI is InChI=1S/C25H17Cl2IN2O3S/c1-14-4-2-5-16(10-14)13-33-21-9-8-15(12-19(21)28)11-17-23(31)29-25(34)30(24(17)32)20-7-3-6-18(26)22(20)27/h2-12H,13H2,1H3,(H,29,31,34)/b17-11+. The summed E-state index contributed by atoms with van der Waals surface area (Å²) in [6.45, 7) is 2.47. The Bertz CT molecular complexity index is 1360. The molecular formula is C25H17Cl2IN2O3S. The van der Waals surface area contributed by atoms with E-state index in [9.17, 15) is 9.59 Å². The molecule has 0 bridgehead atoms. The molecule has 0 saturated carbocycles. The SMILES string of the molecule is Cc1cccc(COc2ccc(/C=C3\C(=O)NC(=S)N(c4cccc(Cl)c4Cl)C3=O)cc2I)c1. The molecule has 0 aromatic heterocycles. The molecule has 4 rings (SSSR count). The molecule has 0 unspecified atom stereocenters. The molecule has 0 spiro atoms. The van der Waals surface area contributed by atoms with E-state index in [1.165, 1.54) is 16.5 Å². The molecule has 0 atom stereocenters. The number of hydrogen-bond acceptors (Lipinski definition) is 4. The fourth-order valence-corrected chi connectivity index (χ4v) is 4.74. The fraction of sp³-hybridized carbons (Fsp3) is 0.0800. The van der Waals surface area contributed by atoms with E-state index in [-0.39, 0.29) is 20.7 Å². The van der Waals surface area contributed by atoms with Crippen molar-refractivity contribution in [2.45, 2.75) is 13.5 Å². The molecule has 0 aliphatic carbocycles. The molecule has 1 aliphatic rings. The van der Waals surface area contributed by atoms with Crippen LogP contribution in [0.5, 0.6) is 5.75 Å². The molecule has 1 fully saturated rings. The zero-order valence-electron chi connectivity index (χ0n) is 17.8. The van der Waals surface area contributed by atoms with Gasteiger partial charge in [-0.3, -0.25) is 19.8 Å². The van der Waals surface area contributed by atoms with Crippen molar-refractivity contribution >= 4 is 86.7 Å². The van der Waals surface area contributed by atoms with Crippen molar-refractivity contribution in [1.82, 2.24) is 5.32 Å². The van der Waals surface area contributed by atoms with E-state index in [4.69, 9.17) is 40.2 Å². The number of halogens is 3. The van der Waals surface area contributed by atoms with Crippen molar-refractivity contribution in [3.05, 3.63) is 96.5 Å². The maximum absolute atomic E-state index is 13.2. The Hall–Kier alpha value is -2.46. The normalized spacial score (nSPS) is 15.0. The summed E-state index contributed by atoms with van der Waals surface area (Å²) in [5, 5.41) is 2.92. The van der Waals surface area contributed by atoms with Gasteiger partial charge in [0.1, 0.15) is 17.9 Å². The van der Waals surface area contributed by atoms with E-state index in [0.29, 0.717) is 23.6 Å². The van der Waals surface area contributed by atoms with Gasteiger partial charge in [0.25, 0.3) is 11.8 Å². The van der Waals surface area contributed by atoms with Crippen LogP contribution in [-0.2, 0) is 16.2 Å². The highest BCUT2D eigenvalue weighted by Gasteiger charge is 2.35. The van der Waals surface area contributed by atoms with Crippen LogP contribution < -0.4 is 15.0 Å². The fourth-order valence-electron chi connectivity index (χ4n) is 3.39. The summed E-state index contributed by atoms with van der Waals surface area (Å²) < 4.78 is 6.79. The maximum Gasteiger partial charge on any atom is 0.270 e. The molecule has 5 nitrogen and oxygen atoms in total. The molecule has 34 heavy (non-hydrogen) atoms. The number of thiocarbonyl (C=S) groups is 1. The minimum Gasteiger partial charge on any atom is -0.488 e. The van der Waals surface area contributed by atoms with Crippen LogP contribution in [0.4, 0.5) is 5.69 Å². The Morgan fingerprint density at radius 3 is 2.59 bits per heavy atom. The number of anilines is 1. The lowest BCUT2D eigenvalue weighted by Crippen LogP contribution is -2.54. The summed E-state index contributed by atoms with van der Waals surface area (Å²) in [5.74, 6) is -0.468. The molecule has 3 aromatic rings. The number of amides is 2. The minimum atomic E-state index is -0.590. The van der Waals surface area contributed by atoms with Crippen LogP contribution in [0.1, 0.15) is 16.7 Å². The summed E-state index contributed by atoms with van der Waals surface area (Å²) in [7, 11) is 0. The van der Waals surface area contributed by atoms with Crippen LogP contribution in [0.2, 0.25) is 10.0 Å². The summed E-state index contributed by atoms with van der Waals surface area (Å²) in [4.78, 5) is 27.0. The van der Waals surface area contributed by atoms with E-state index in [0.717, 1.165) is 9.13 Å². The molecule has 9 heteroatoms. The van der Waals surface area contributed by atoms with E-state index in [1.54, 1.807) is 24.3 Å². The van der Waals surface area contributed by atoms with Gasteiger partial charge < -0.3 is 4.74 Å². The molecular weight excluding hydrogens is 606 g/mol. The van der Waals surface area contributed by atoms with E-state index in [1.807, 2.05) is 37.3 Å². The molecule has 2 amide bonds. The van der Waals surface area contributed by atoms with Gasteiger partial charge in [-0.2, -0.15) is 0 Å². The predicted molar refractivity (Wildman–Crippen MR) is 147 cm³/mol. The van der Waals surface area contributed by atoms with Crippen molar-refractivity contribution < 1.29 is 14.3 Å². The van der Waals surface area contributed by atoms with E-state index >= 15 is 0 Å². The number of hydrogen-bond donors (Lipinski definition) is 1. The second kappa shape index (κ2) is 10.4. The highest BCUT2D eigenvalue weighted by atomic mass is 127. The lowest BCUT2D eigenvalue weighted by molar-refractivity contribution is -0.122. The first-order chi connectivity index (χ1) is 16.2. The van der Waals surface area contributed by atoms with Gasteiger partial charge in [-0.15, -0.1) is 0 Å². The summed E-state index contributed by atoms with van der Waals surface area (Å²) >= 11 is 19.8. The van der Waals surface area contributed by atoms with Gasteiger partial charge in [-0.05, 0) is 83.2 Å². The Kier molecular flexibility index (Phi) is 7.57. The van der Waals surface area contributed by atoms with Crippen LogP contribution in [-0.4, -0.2) is 16.9 Å². The maximum atomic E-state index is 13.2. The molecule has 0 radical (unpaired) electrons. The van der Waals surface area contributed by atoms with Gasteiger partial charge in [-0.1, -0.05) is 65.2 Å². The number of carbonyl (C=O) groups excluding carboxylic acids is 2. The third-order valence-corrected chi connectivity index (χ3v) is 6.95. The van der Waals surface area contributed by atoms with Crippen LogP contribution in [0, 0.1) is 10.5 Å². The van der Waals surface area contributed by atoms with Crippen LogP contribution in [0.3, 0.4) is 0 Å². The second-order valence-electron chi connectivity index (χ2n) is 7.50. The van der Waals surface area contributed by atoms with E-state index in [2.05, 4.69) is 34.0 Å². The molecule has 1 N–H and O–H groups in total. The third kappa shape index (κ3) is 5.27. The van der Waals surface area contributed by atoms with Crippen LogP contribution in [0.15, 0.2) is 66.2 Å². The highest BCUT2D eigenvalue weighted by Crippen LogP contribution is 2.34. The predicted octanol–water partition coefficient (Wildman–Crippen LogP) is 6.32. The number of benzene rings is 3. The first kappa shape index (κ1) is 24.7. The Labute approximate surface area is 225 Å². The zero-order chi connectivity index (χ0) is 24.4. The smallest absolute Gasteiger partial charge is 0.270 e. The van der Waals surface area contributed by atoms with Crippen molar-refractivity contribution in [2.75, 3.05) is 4.90 Å². The number of carbonyl (C=O) groups is 2. The lowest BCUT2D eigenvalue weighted by Gasteiger charge is -2.29. The van der Waals surface area contributed by atoms with Crippen molar-refractivity contribution in [2.24, 2.45) is 0 Å². The minimum absolute atomic E-state index is 0.0641. The Morgan fingerprint density at radius 1 is 1.09 bits per heavy atom. The third-order valence-electron chi connectivity index (χ3n) is 5.02. The first-order valence-electron chi connectivity index (χ1n) is 10.1. The lowest BCUT2D eigenvalue weighted by atomic mass is 10.1. The number of nitrogens with one attached hydrogen (secondary N) is 1. The summed E-state index contributed by atoms with van der Waals surface area (Å²) in [5.41, 5.74) is 3.12. The molecule has 172 valence electrons. The number of nitrogens with zero attached hydrogens (tertiary/aromatic N) is 1. The molecule has 1 aliphatic heterocycles. The summed E-state index contributed by atoms with van der Waals surface area (Å²) in [6, 6.07) is 18.4. The van der Waals surface area contributed by atoms with E-state index < -0.39 is 11.8 Å². The zero-order valence-corrected chi connectivity index (χ0v) is 22.3. The molecule has 1 saturated heterocycles. The van der Waals surface area contributed by atoms with Gasteiger partial charge in [0.15, 0.2) is 5.11 Å². The van der Waals surface area contributed by atoms with Crippen molar-refractivity contribution in [1.29, 1.82) is 0 Å². The Balaban J connectivity index is 1.59. The average Bonchev–Trinajstić information content (AvgIpc) is 2.79. The number of aryl methyl sites for hydroxylation is 1. The molecule has 1 heterocycles. The highest BCUT2D eigenvalue weighted by molar-refractivity contribution is 14.1. The van der Waals surface area contributed by atoms with Gasteiger partial charge in [-0.25, -0.2) is 0 Å². The largest absolute Gasteiger partial charge is 0.488 e. The van der Waals surface area contributed by atoms with Crippen LogP contribution >= 0.6 is 58.0 Å². The first-order valence-corrected chi connectivity index (χ1v) is 12.3. The molecule has 3 aromatic carbocycles.